The fourth-order valence-corrected chi connectivity index (χ4v) is 4.24. The van der Waals surface area contributed by atoms with Gasteiger partial charge in [0.25, 0.3) is 5.91 Å². The molecule has 34 heavy (non-hydrogen) atoms. The molecule has 4 aromatic rings. The SMILES string of the molecule is Cc1ccc(-n2ncc(C(=O)Nc3ccc(-c4ncc5n4CCCC5)cc3)c2C(F)(F)F)cc1. The van der Waals surface area contributed by atoms with Crippen molar-refractivity contribution in [3.8, 4) is 17.1 Å². The van der Waals surface area contributed by atoms with Crippen LogP contribution in [0.15, 0.2) is 60.9 Å². The molecule has 1 amide bonds. The lowest BCUT2D eigenvalue weighted by Crippen LogP contribution is -2.20. The number of fused-ring (bicyclic) bond motifs is 1. The van der Waals surface area contributed by atoms with Crippen LogP contribution in [0.1, 0.15) is 40.2 Å². The molecule has 2 aromatic heterocycles. The monoisotopic (exact) mass is 465 g/mol. The van der Waals surface area contributed by atoms with Crippen molar-refractivity contribution in [2.45, 2.75) is 38.9 Å². The highest BCUT2D eigenvalue weighted by Gasteiger charge is 2.40. The van der Waals surface area contributed by atoms with Gasteiger partial charge in [-0.2, -0.15) is 18.3 Å². The van der Waals surface area contributed by atoms with Crippen LogP contribution in [0.25, 0.3) is 17.1 Å². The normalized spacial score (nSPS) is 13.5. The Labute approximate surface area is 194 Å². The maximum absolute atomic E-state index is 13.9. The Morgan fingerprint density at radius 1 is 1.00 bits per heavy atom. The number of amides is 1. The third-order valence-corrected chi connectivity index (χ3v) is 5.96. The van der Waals surface area contributed by atoms with Gasteiger partial charge in [-0.1, -0.05) is 17.7 Å². The van der Waals surface area contributed by atoms with Crippen LogP contribution >= 0.6 is 0 Å². The number of hydrogen-bond acceptors (Lipinski definition) is 3. The summed E-state index contributed by atoms with van der Waals surface area (Å²) in [6.45, 7) is 2.75. The smallest absolute Gasteiger partial charge is 0.328 e. The molecule has 9 heteroatoms. The molecule has 1 aliphatic heterocycles. The summed E-state index contributed by atoms with van der Waals surface area (Å²) in [5.41, 5.74) is 1.94. The van der Waals surface area contributed by atoms with E-state index in [9.17, 15) is 18.0 Å². The molecule has 3 heterocycles. The Morgan fingerprint density at radius 3 is 2.44 bits per heavy atom. The predicted octanol–water partition coefficient (Wildman–Crippen LogP) is 5.65. The number of nitrogens with zero attached hydrogens (tertiary/aromatic N) is 4. The summed E-state index contributed by atoms with van der Waals surface area (Å²) < 4.78 is 44.6. The summed E-state index contributed by atoms with van der Waals surface area (Å²) in [5, 5.41) is 6.42. The van der Waals surface area contributed by atoms with Gasteiger partial charge in [0.1, 0.15) is 5.82 Å². The van der Waals surface area contributed by atoms with Gasteiger partial charge in [-0.25, -0.2) is 9.67 Å². The molecule has 2 aromatic carbocycles. The largest absolute Gasteiger partial charge is 0.434 e. The molecule has 0 saturated carbocycles. The number of carbonyl (C=O) groups excluding carboxylic acids is 1. The maximum Gasteiger partial charge on any atom is 0.434 e. The fraction of sp³-hybridized carbons (Fsp3) is 0.240. The van der Waals surface area contributed by atoms with Crippen molar-refractivity contribution >= 4 is 11.6 Å². The summed E-state index contributed by atoms with van der Waals surface area (Å²) >= 11 is 0. The van der Waals surface area contributed by atoms with Crippen molar-refractivity contribution in [2.24, 2.45) is 0 Å². The number of alkyl halides is 3. The fourth-order valence-electron chi connectivity index (χ4n) is 4.24. The number of benzene rings is 2. The molecular weight excluding hydrogens is 443 g/mol. The minimum Gasteiger partial charge on any atom is -0.328 e. The first kappa shape index (κ1) is 21.9. The number of anilines is 1. The van der Waals surface area contributed by atoms with Crippen LogP contribution in [0, 0.1) is 6.92 Å². The van der Waals surface area contributed by atoms with Crippen molar-refractivity contribution in [2.75, 3.05) is 5.32 Å². The second kappa shape index (κ2) is 8.48. The summed E-state index contributed by atoms with van der Waals surface area (Å²) in [5.74, 6) is -0.0251. The first-order valence-corrected chi connectivity index (χ1v) is 11.0. The lowest BCUT2D eigenvalue weighted by Gasteiger charge is -2.16. The van der Waals surface area contributed by atoms with Gasteiger partial charge in [0.15, 0.2) is 5.69 Å². The number of rotatable bonds is 4. The molecule has 0 atom stereocenters. The molecular formula is C25H22F3N5O. The molecule has 0 spiro atoms. The van der Waals surface area contributed by atoms with Crippen molar-refractivity contribution < 1.29 is 18.0 Å². The summed E-state index contributed by atoms with van der Waals surface area (Å²) in [7, 11) is 0. The van der Waals surface area contributed by atoms with E-state index < -0.39 is 23.3 Å². The number of aromatic nitrogens is 4. The third kappa shape index (κ3) is 4.09. The van der Waals surface area contributed by atoms with Crippen LogP contribution in [-0.4, -0.2) is 25.2 Å². The van der Waals surface area contributed by atoms with E-state index in [4.69, 9.17) is 0 Å². The summed E-state index contributed by atoms with van der Waals surface area (Å²) in [4.78, 5) is 17.3. The van der Waals surface area contributed by atoms with Gasteiger partial charge in [-0.3, -0.25) is 4.79 Å². The minimum atomic E-state index is -4.77. The van der Waals surface area contributed by atoms with Gasteiger partial charge >= 0.3 is 6.18 Å². The topological polar surface area (TPSA) is 64.7 Å². The standard InChI is InChI=1S/C25H22F3N5O/c1-16-5-11-19(12-6-16)33-22(25(26,27)28)21(15-30-33)24(34)31-18-9-7-17(8-10-18)23-29-14-20-4-2-3-13-32(20)23/h5-12,14-15H,2-4,13H2,1H3,(H,31,34). The van der Waals surface area contributed by atoms with Crippen molar-refractivity contribution in [1.29, 1.82) is 0 Å². The number of imidazole rings is 1. The van der Waals surface area contributed by atoms with E-state index in [0.29, 0.717) is 5.69 Å². The zero-order valence-corrected chi connectivity index (χ0v) is 18.4. The highest BCUT2D eigenvalue weighted by atomic mass is 19.4. The van der Waals surface area contributed by atoms with E-state index in [1.807, 2.05) is 13.1 Å². The molecule has 1 aliphatic rings. The predicted molar refractivity (Wildman–Crippen MR) is 122 cm³/mol. The molecule has 0 radical (unpaired) electrons. The van der Waals surface area contributed by atoms with Gasteiger partial charge in [0.05, 0.1) is 17.4 Å². The Kier molecular flexibility index (Phi) is 5.47. The van der Waals surface area contributed by atoms with Gasteiger partial charge in [0.2, 0.25) is 0 Å². The van der Waals surface area contributed by atoms with Crippen LogP contribution in [-0.2, 0) is 19.1 Å². The van der Waals surface area contributed by atoms with Crippen molar-refractivity contribution in [3.63, 3.8) is 0 Å². The molecule has 5 rings (SSSR count). The molecule has 0 bridgehead atoms. The van der Waals surface area contributed by atoms with Crippen molar-refractivity contribution in [3.05, 3.63) is 83.4 Å². The lowest BCUT2D eigenvalue weighted by atomic mass is 10.1. The zero-order valence-electron chi connectivity index (χ0n) is 18.4. The first-order chi connectivity index (χ1) is 16.3. The van der Waals surface area contributed by atoms with E-state index in [1.54, 1.807) is 36.4 Å². The zero-order chi connectivity index (χ0) is 23.9. The number of nitrogens with one attached hydrogen (secondary N) is 1. The average Bonchev–Trinajstić information content (AvgIpc) is 3.45. The molecule has 0 unspecified atom stereocenters. The van der Waals surface area contributed by atoms with Gasteiger partial charge < -0.3 is 9.88 Å². The van der Waals surface area contributed by atoms with Crippen LogP contribution in [0.5, 0.6) is 0 Å². The average molecular weight is 465 g/mol. The van der Waals surface area contributed by atoms with E-state index in [1.165, 1.54) is 17.8 Å². The first-order valence-electron chi connectivity index (χ1n) is 11.0. The van der Waals surface area contributed by atoms with Gasteiger partial charge in [-0.05, 0) is 62.6 Å². The number of halogens is 3. The number of aryl methyl sites for hydroxylation is 2. The molecule has 0 saturated heterocycles. The number of hydrogen-bond donors (Lipinski definition) is 1. The second-order valence-electron chi connectivity index (χ2n) is 8.37. The van der Waals surface area contributed by atoms with E-state index in [-0.39, 0.29) is 5.69 Å². The lowest BCUT2D eigenvalue weighted by molar-refractivity contribution is -0.143. The highest BCUT2D eigenvalue weighted by Crippen LogP contribution is 2.34. The molecule has 0 aliphatic carbocycles. The van der Waals surface area contributed by atoms with Crippen LogP contribution in [0.4, 0.5) is 18.9 Å². The van der Waals surface area contributed by atoms with E-state index in [0.717, 1.165) is 53.6 Å². The van der Waals surface area contributed by atoms with Crippen LogP contribution < -0.4 is 5.32 Å². The molecule has 0 fully saturated rings. The maximum atomic E-state index is 13.9. The molecule has 6 nitrogen and oxygen atoms in total. The highest BCUT2D eigenvalue weighted by molar-refractivity contribution is 6.05. The van der Waals surface area contributed by atoms with E-state index >= 15 is 0 Å². The summed E-state index contributed by atoms with van der Waals surface area (Å²) in [6.07, 6.45) is 1.31. The minimum absolute atomic E-state index is 0.226. The molecule has 174 valence electrons. The number of carbonyl (C=O) groups is 1. The quantitative estimate of drug-likeness (QED) is 0.424. The summed E-state index contributed by atoms with van der Waals surface area (Å²) in [6, 6.07) is 13.4. The third-order valence-electron chi connectivity index (χ3n) is 5.96. The second-order valence-corrected chi connectivity index (χ2v) is 8.37. The van der Waals surface area contributed by atoms with Gasteiger partial charge in [-0.15, -0.1) is 0 Å². The van der Waals surface area contributed by atoms with Crippen LogP contribution in [0.2, 0.25) is 0 Å². The Hall–Kier alpha value is -3.88. The van der Waals surface area contributed by atoms with E-state index in [2.05, 4.69) is 20.0 Å². The Bertz CT molecular complexity index is 1330. The van der Waals surface area contributed by atoms with Crippen molar-refractivity contribution in [1.82, 2.24) is 19.3 Å². The Morgan fingerprint density at radius 2 is 1.74 bits per heavy atom. The molecule has 1 N–H and O–H groups in total. The van der Waals surface area contributed by atoms with Gasteiger partial charge in [0, 0.05) is 29.7 Å². The van der Waals surface area contributed by atoms with Crippen LogP contribution in [0.3, 0.4) is 0 Å². The Balaban J connectivity index is 1.40.